The number of aliphatic carboxylic acids is 1. The predicted molar refractivity (Wildman–Crippen MR) is 84.8 cm³/mol. The van der Waals surface area contributed by atoms with Gasteiger partial charge in [-0.2, -0.15) is 22.0 Å². The summed E-state index contributed by atoms with van der Waals surface area (Å²) in [6.45, 7) is 0. The Kier molecular flexibility index (Phi) is 6.26. The number of alkyl halides is 5. The first-order valence-corrected chi connectivity index (χ1v) is 8.20. The van der Waals surface area contributed by atoms with Crippen LogP contribution in [0.3, 0.4) is 0 Å². The molecule has 0 radical (unpaired) electrons. The molecule has 0 aliphatic heterocycles. The van der Waals surface area contributed by atoms with Gasteiger partial charge >= 0.3 is 18.3 Å². The van der Waals surface area contributed by atoms with Crippen LogP contribution in [0.25, 0.3) is 6.08 Å². The highest BCUT2D eigenvalue weighted by molar-refractivity contribution is 5.85. The standard InChI is InChI=1S/C18H19F5O3/c19-17(20,21)11-13-1-6-14(7-2-13)18(22,23)26-15-8-3-12(4-9-15)5-10-16(24)25/h3-5,8-10,13-14H,1-2,6-7,11H2,(H,24,25)/b10-5+. The molecule has 1 aliphatic carbocycles. The molecule has 1 saturated carbocycles. The van der Waals surface area contributed by atoms with Gasteiger partial charge in [0.05, 0.1) is 5.92 Å². The number of ether oxygens (including phenoxy) is 1. The van der Waals surface area contributed by atoms with E-state index in [1.54, 1.807) is 0 Å². The lowest BCUT2D eigenvalue weighted by Gasteiger charge is -2.33. The first-order valence-electron chi connectivity index (χ1n) is 8.20. The van der Waals surface area contributed by atoms with Crippen LogP contribution in [-0.2, 0) is 4.79 Å². The van der Waals surface area contributed by atoms with Crippen LogP contribution in [0.4, 0.5) is 22.0 Å². The minimum atomic E-state index is -4.27. The number of carboxylic acid groups (broad SMARTS) is 1. The van der Waals surface area contributed by atoms with E-state index in [4.69, 9.17) is 9.84 Å². The van der Waals surface area contributed by atoms with Crippen LogP contribution >= 0.6 is 0 Å². The van der Waals surface area contributed by atoms with E-state index in [0.717, 1.165) is 6.08 Å². The lowest BCUT2D eigenvalue weighted by molar-refractivity contribution is -0.225. The number of hydrogen-bond acceptors (Lipinski definition) is 2. The Balaban J connectivity index is 1.91. The number of carbonyl (C=O) groups is 1. The molecular formula is C18H19F5O3. The normalized spacial score (nSPS) is 21.7. The van der Waals surface area contributed by atoms with Crippen LogP contribution < -0.4 is 4.74 Å². The molecule has 1 aromatic rings. The van der Waals surface area contributed by atoms with Crippen molar-refractivity contribution < 1.29 is 36.6 Å². The van der Waals surface area contributed by atoms with E-state index in [9.17, 15) is 26.7 Å². The van der Waals surface area contributed by atoms with Gasteiger partial charge in [0, 0.05) is 12.5 Å². The van der Waals surface area contributed by atoms with Gasteiger partial charge in [-0.05, 0) is 55.4 Å². The van der Waals surface area contributed by atoms with Gasteiger partial charge in [-0.1, -0.05) is 12.1 Å². The zero-order valence-corrected chi connectivity index (χ0v) is 13.8. The number of rotatable bonds is 6. The van der Waals surface area contributed by atoms with E-state index < -0.39 is 36.5 Å². The second kappa shape index (κ2) is 8.05. The fourth-order valence-corrected chi connectivity index (χ4v) is 3.08. The van der Waals surface area contributed by atoms with Crippen molar-refractivity contribution in [2.45, 2.75) is 44.4 Å². The Bertz CT molecular complexity index is 629. The maximum atomic E-state index is 14.3. The summed E-state index contributed by atoms with van der Waals surface area (Å²) in [6, 6.07) is 5.46. The van der Waals surface area contributed by atoms with Crippen LogP contribution in [0.15, 0.2) is 30.3 Å². The third-order valence-electron chi connectivity index (χ3n) is 4.39. The first-order chi connectivity index (χ1) is 12.0. The van der Waals surface area contributed by atoms with Crippen LogP contribution in [0, 0.1) is 11.8 Å². The summed E-state index contributed by atoms with van der Waals surface area (Å²) in [7, 11) is 0. The first kappa shape index (κ1) is 20.2. The minimum absolute atomic E-state index is 0.0207. The van der Waals surface area contributed by atoms with Crippen LogP contribution in [-0.4, -0.2) is 23.4 Å². The summed E-state index contributed by atoms with van der Waals surface area (Å²) in [6.07, 6.45) is -6.28. The smallest absolute Gasteiger partial charge is 0.400 e. The fourth-order valence-electron chi connectivity index (χ4n) is 3.08. The molecule has 26 heavy (non-hydrogen) atoms. The van der Waals surface area contributed by atoms with Crippen molar-refractivity contribution in [3.8, 4) is 5.75 Å². The zero-order chi connectivity index (χ0) is 19.4. The van der Waals surface area contributed by atoms with Gasteiger partial charge in [0.1, 0.15) is 5.75 Å². The third kappa shape index (κ3) is 6.31. The molecular weight excluding hydrogens is 359 g/mol. The highest BCUT2D eigenvalue weighted by atomic mass is 19.4. The molecule has 1 N–H and O–H groups in total. The molecule has 0 bridgehead atoms. The summed E-state index contributed by atoms with van der Waals surface area (Å²) in [5.74, 6) is -2.95. The van der Waals surface area contributed by atoms with Gasteiger partial charge in [0.2, 0.25) is 0 Å². The number of hydrogen-bond donors (Lipinski definition) is 1. The molecule has 0 saturated heterocycles. The minimum Gasteiger partial charge on any atom is -0.478 e. The molecule has 2 rings (SSSR count). The van der Waals surface area contributed by atoms with Crippen molar-refractivity contribution in [1.82, 2.24) is 0 Å². The summed E-state index contributed by atoms with van der Waals surface area (Å²) in [5.41, 5.74) is 0.510. The highest BCUT2D eigenvalue weighted by Gasteiger charge is 2.45. The Labute approximate surface area is 147 Å². The zero-order valence-electron chi connectivity index (χ0n) is 13.8. The van der Waals surface area contributed by atoms with Gasteiger partial charge in [-0.25, -0.2) is 4.79 Å². The largest absolute Gasteiger partial charge is 0.478 e. The maximum absolute atomic E-state index is 14.3. The molecule has 0 unspecified atom stereocenters. The molecule has 1 aromatic carbocycles. The summed E-state index contributed by atoms with van der Waals surface area (Å²) < 4.78 is 70.5. The van der Waals surface area contributed by atoms with Crippen LogP contribution in [0.5, 0.6) is 5.75 Å². The van der Waals surface area contributed by atoms with Gasteiger partial charge in [-0.15, -0.1) is 0 Å². The van der Waals surface area contributed by atoms with Crippen molar-refractivity contribution in [1.29, 1.82) is 0 Å². The fraction of sp³-hybridized carbons (Fsp3) is 0.500. The van der Waals surface area contributed by atoms with E-state index in [-0.39, 0.29) is 31.4 Å². The second-order valence-electron chi connectivity index (χ2n) is 6.44. The number of carboxylic acids is 1. The molecule has 1 aliphatic rings. The molecule has 3 nitrogen and oxygen atoms in total. The van der Waals surface area contributed by atoms with Crippen molar-refractivity contribution in [3.63, 3.8) is 0 Å². The molecule has 0 heterocycles. The molecule has 8 heteroatoms. The Morgan fingerprint density at radius 3 is 2.15 bits per heavy atom. The molecule has 1 fully saturated rings. The molecule has 144 valence electrons. The summed E-state index contributed by atoms with van der Waals surface area (Å²) in [5, 5.41) is 8.53. The average molecular weight is 378 g/mol. The van der Waals surface area contributed by atoms with Crippen molar-refractivity contribution in [3.05, 3.63) is 35.9 Å². The van der Waals surface area contributed by atoms with Gasteiger partial charge in [0.25, 0.3) is 0 Å². The van der Waals surface area contributed by atoms with Gasteiger partial charge < -0.3 is 9.84 Å². The van der Waals surface area contributed by atoms with Crippen molar-refractivity contribution >= 4 is 12.0 Å². The molecule has 0 spiro atoms. The van der Waals surface area contributed by atoms with E-state index in [0.29, 0.717) is 5.56 Å². The van der Waals surface area contributed by atoms with Gasteiger partial charge in [0.15, 0.2) is 0 Å². The molecule has 0 atom stereocenters. The third-order valence-corrected chi connectivity index (χ3v) is 4.39. The van der Waals surface area contributed by atoms with Crippen LogP contribution in [0.1, 0.15) is 37.7 Å². The van der Waals surface area contributed by atoms with E-state index in [2.05, 4.69) is 0 Å². The lowest BCUT2D eigenvalue weighted by Crippen LogP contribution is -2.37. The average Bonchev–Trinajstić information content (AvgIpc) is 2.53. The van der Waals surface area contributed by atoms with Crippen molar-refractivity contribution in [2.75, 3.05) is 0 Å². The van der Waals surface area contributed by atoms with E-state index in [1.807, 2.05) is 0 Å². The summed E-state index contributed by atoms with van der Waals surface area (Å²) in [4.78, 5) is 10.4. The highest BCUT2D eigenvalue weighted by Crippen LogP contribution is 2.42. The number of benzene rings is 1. The lowest BCUT2D eigenvalue weighted by atomic mass is 9.80. The Morgan fingerprint density at radius 2 is 1.65 bits per heavy atom. The SMILES string of the molecule is O=C(O)/C=C/c1ccc(OC(F)(F)C2CCC(CC(F)(F)F)CC2)cc1. The summed E-state index contributed by atoms with van der Waals surface area (Å²) >= 11 is 0. The quantitative estimate of drug-likeness (QED) is 0.524. The Morgan fingerprint density at radius 1 is 1.08 bits per heavy atom. The van der Waals surface area contributed by atoms with Crippen LogP contribution in [0.2, 0.25) is 0 Å². The Hall–Kier alpha value is -2.12. The van der Waals surface area contributed by atoms with E-state index in [1.165, 1.54) is 30.3 Å². The monoisotopic (exact) mass is 378 g/mol. The van der Waals surface area contributed by atoms with Crippen molar-refractivity contribution in [2.24, 2.45) is 11.8 Å². The van der Waals surface area contributed by atoms with E-state index >= 15 is 0 Å². The predicted octanol–water partition coefficient (Wildman–Crippen LogP) is 5.51. The molecule has 0 amide bonds. The second-order valence-corrected chi connectivity index (χ2v) is 6.44. The maximum Gasteiger partial charge on any atom is 0.400 e. The number of halogens is 5. The van der Waals surface area contributed by atoms with Gasteiger partial charge in [-0.3, -0.25) is 0 Å². The molecule has 0 aromatic heterocycles. The topological polar surface area (TPSA) is 46.5 Å².